The first-order valence-corrected chi connectivity index (χ1v) is 7.55. The van der Waals surface area contributed by atoms with E-state index in [-0.39, 0.29) is 11.7 Å². The summed E-state index contributed by atoms with van der Waals surface area (Å²) >= 11 is 0. The Morgan fingerprint density at radius 3 is 2.54 bits per heavy atom. The largest absolute Gasteiger partial charge is 0.497 e. The first-order chi connectivity index (χ1) is 11.6. The van der Waals surface area contributed by atoms with Gasteiger partial charge in [0, 0.05) is 18.2 Å². The van der Waals surface area contributed by atoms with Gasteiger partial charge < -0.3 is 14.8 Å². The minimum Gasteiger partial charge on any atom is -0.497 e. The van der Waals surface area contributed by atoms with Crippen LogP contribution in [0.1, 0.15) is 11.1 Å². The summed E-state index contributed by atoms with van der Waals surface area (Å²) in [4.78, 5) is 11.9. The number of amides is 1. The third-order valence-corrected chi connectivity index (χ3v) is 3.48. The summed E-state index contributed by atoms with van der Waals surface area (Å²) in [5.74, 6) is 0.873. The van der Waals surface area contributed by atoms with E-state index in [0.29, 0.717) is 24.5 Å². The second-order valence-electron chi connectivity index (χ2n) is 5.11. The van der Waals surface area contributed by atoms with E-state index >= 15 is 0 Å². The molecule has 5 heteroatoms. The maximum absolute atomic E-state index is 12.8. The van der Waals surface area contributed by atoms with Gasteiger partial charge in [-0.25, -0.2) is 4.39 Å². The smallest absolute Gasteiger partial charge is 0.244 e. The second kappa shape index (κ2) is 8.72. The van der Waals surface area contributed by atoms with Gasteiger partial charge in [-0.1, -0.05) is 12.1 Å². The van der Waals surface area contributed by atoms with Gasteiger partial charge in [0.1, 0.15) is 17.3 Å². The van der Waals surface area contributed by atoms with Crippen molar-refractivity contribution < 1.29 is 18.7 Å². The van der Waals surface area contributed by atoms with Crippen LogP contribution in [0.3, 0.4) is 0 Å². The number of halogens is 1. The first-order valence-electron chi connectivity index (χ1n) is 7.55. The van der Waals surface area contributed by atoms with Gasteiger partial charge in [0.05, 0.1) is 14.2 Å². The Kier molecular flexibility index (Phi) is 6.37. The fourth-order valence-corrected chi connectivity index (χ4v) is 2.18. The number of benzene rings is 2. The molecule has 0 saturated carbocycles. The summed E-state index contributed by atoms with van der Waals surface area (Å²) in [6, 6.07) is 11.6. The number of hydrogen-bond acceptors (Lipinski definition) is 3. The van der Waals surface area contributed by atoms with Crippen LogP contribution in [0.5, 0.6) is 11.5 Å². The molecule has 2 rings (SSSR count). The van der Waals surface area contributed by atoms with Crippen LogP contribution in [0.25, 0.3) is 6.08 Å². The zero-order chi connectivity index (χ0) is 17.4. The van der Waals surface area contributed by atoms with Crippen molar-refractivity contribution in [3.8, 4) is 11.5 Å². The number of hydrogen-bond donors (Lipinski definition) is 1. The van der Waals surface area contributed by atoms with E-state index in [9.17, 15) is 9.18 Å². The third-order valence-electron chi connectivity index (χ3n) is 3.48. The van der Waals surface area contributed by atoms with Crippen LogP contribution in [-0.4, -0.2) is 26.7 Å². The van der Waals surface area contributed by atoms with Crippen LogP contribution in [0, 0.1) is 5.82 Å². The minimum absolute atomic E-state index is 0.206. The van der Waals surface area contributed by atoms with Gasteiger partial charge in [-0.2, -0.15) is 0 Å². The summed E-state index contributed by atoms with van der Waals surface area (Å²) in [6.07, 6.45) is 3.76. The van der Waals surface area contributed by atoms with Gasteiger partial charge in [0.25, 0.3) is 0 Å². The Labute approximate surface area is 140 Å². The van der Waals surface area contributed by atoms with E-state index in [1.807, 2.05) is 0 Å². The second-order valence-corrected chi connectivity index (χ2v) is 5.11. The van der Waals surface area contributed by atoms with Gasteiger partial charge in [-0.05, 0) is 48.4 Å². The molecule has 1 N–H and O–H groups in total. The molecule has 0 heterocycles. The molecule has 0 aromatic heterocycles. The standard InChI is InChI=1S/C19H20FNO3/c1-23-17-8-9-18(24-2)15(13-17)5-10-19(22)21-12-11-14-3-6-16(20)7-4-14/h3-10,13H,11-12H2,1-2H3,(H,21,22)/b10-5+. The summed E-state index contributed by atoms with van der Waals surface area (Å²) in [6.45, 7) is 0.476. The molecule has 4 nitrogen and oxygen atoms in total. The lowest BCUT2D eigenvalue weighted by Gasteiger charge is -2.07. The highest BCUT2D eigenvalue weighted by Crippen LogP contribution is 2.24. The fraction of sp³-hybridized carbons (Fsp3) is 0.211. The number of carbonyl (C=O) groups is 1. The lowest BCUT2D eigenvalue weighted by atomic mass is 10.1. The van der Waals surface area contributed by atoms with Crippen LogP contribution < -0.4 is 14.8 Å². The first kappa shape index (κ1) is 17.5. The van der Waals surface area contributed by atoms with Crippen molar-refractivity contribution in [3.63, 3.8) is 0 Å². The summed E-state index contributed by atoms with van der Waals surface area (Å²) in [5, 5.41) is 2.79. The lowest BCUT2D eigenvalue weighted by Crippen LogP contribution is -2.23. The topological polar surface area (TPSA) is 47.6 Å². The highest BCUT2D eigenvalue weighted by molar-refractivity contribution is 5.92. The Morgan fingerprint density at radius 2 is 1.88 bits per heavy atom. The molecule has 24 heavy (non-hydrogen) atoms. The molecule has 0 aliphatic carbocycles. The van der Waals surface area contributed by atoms with Crippen molar-refractivity contribution in [2.24, 2.45) is 0 Å². The maximum atomic E-state index is 12.8. The number of rotatable bonds is 7. The van der Waals surface area contributed by atoms with Crippen molar-refractivity contribution in [2.45, 2.75) is 6.42 Å². The molecule has 2 aromatic carbocycles. The van der Waals surface area contributed by atoms with Crippen molar-refractivity contribution >= 4 is 12.0 Å². The normalized spacial score (nSPS) is 10.6. The van der Waals surface area contributed by atoms with E-state index in [4.69, 9.17) is 9.47 Å². The van der Waals surface area contributed by atoms with Crippen LogP contribution >= 0.6 is 0 Å². The molecule has 0 spiro atoms. The average Bonchev–Trinajstić information content (AvgIpc) is 2.61. The van der Waals surface area contributed by atoms with Crippen LogP contribution in [-0.2, 0) is 11.2 Å². The molecule has 0 atom stereocenters. The van der Waals surface area contributed by atoms with Gasteiger partial charge in [-0.3, -0.25) is 4.79 Å². The monoisotopic (exact) mass is 329 g/mol. The number of carbonyl (C=O) groups excluding carboxylic acids is 1. The Morgan fingerprint density at radius 1 is 1.12 bits per heavy atom. The lowest BCUT2D eigenvalue weighted by molar-refractivity contribution is -0.116. The molecule has 126 valence electrons. The van der Waals surface area contributed by atoms with Gasteiger partial charge in [-0.15, -0.1) is 0 Å². The molecule has 0 aliphatic heterocycles. The predicted molar refractivity (Wildman–Crippen MR) is 91.7 cm³/mol. The van der Waals surface area contributed by atoms with Gasteiger partial charge in [0.15, 0.2) is 0 Å². The Hall–Kier alpha value is -2.82. The van der Waals surface area contributed by atoms with E-state index < -0.39 is 0 Å². The van der Waals surface area contributed by atoms with Crippen molar-refractivity contribution in [2.75, 3.05) is 20.8 Å². The van der Waals surface area contributed by atoms with Gasteiger partial charge >= 0.3 is 0 Å². The average molecular weight is 329 g/mol. The fourth-order valence-electron chi connectivity index (χ4n) is 2.18. The predicted octanol–water partition coefficient (Wildman–Crippen LogP) is 3.22. The molecule has 0 saturated heterocycles. The molecule has 2 aromatic rings. The van der Waals surface area contributed by atoms with E-state index in [0.717, 1.165) is 11.1 Å². The molecule has 0 bridgehead atoms. The quantitative estimate of drug-likeness (QED) is 0.794. The van der Waals surface area contributed by atoms with Crippen molar-refractivity contribution in [1.82, 2.24) is 5.32 Å². The number of methoxy groups -OCH3 is 2. The number of ether oxygens (including phenoxy) is 2. The molecular formula is C19H20FNO3. The summed E-state index contributed by atoms with van der Waals surface area (Å²) in [5.41, 5.74) is 1.72. The van der Waals surface area contributed by atoms with E-state index in [1.54, 1.807) is 50.6 Å². The molecule has 0 fully saturated rings. The minimum atomic E-state index is -0.266. The SMILES string of the molecule is COc1ccc(OC)c(/C=C/C(=O)NCCc2ccc(F)cc2)c1. The van der Waals surface area contributed by atoms with Crippen LogP contribution in [0.2, 0.25) is 0 Å². The van der Waals surface area contributed by atoms with Gasteiger partial charge in [0.2, 0.25) is 5.91 Å². The van der Waals surface area contributed by atoms with Crippen molar-refractivity contribution in [1.29, 1.82) is 0 Å². The molecular weight excluding hydrogens is 309 g/mol. The molecule has 1 amide bonds. The molecule has 0 radical (unpaired) electrons. The summed E-state index contributed by atoms with van der Waals surface area (Å²) < 4.78 is 23.2. The summed E-state index contributed by atoms with van der Waals surface area (Å²) in [7, 11) is 3.15. The van der Waals surface area contributed by atoms with E-state index in [2.05, 4.69) is 5.32 Å². The molecule has 0 aliphatic rings. The van der Waals surface area contributed by atoms with Crippen molar-refractivity contribution in [3.05, 3.63) is 65.5 Å². The zero-order valence-corrected chi connectivity index (χ0v) is 13.7. The molecule has 0 unspecified atom stereocenters. The zero-order valence-electron chi connectivity index (χ0n) is 13.7. The number of nitrogens with one attached hydrogen (secondary N) is 1. The Bertz CT molecular complexity index is 711. The highest BCUT2D eigenvalue weighted by Gasteiger charge is 2.03. The third kappa shape index (κ3) is 5.12. The van der Waals surface area contributed by atoms with E-state index in [1.165, 1.54) is 18.2 Å². The highest BCUT2D eigenvalue weighted by atomic mass is 19.1. The van der Waals surface area contributed by atoms with Crippen LogP contribution in [0.15, 0.2) is 48.5 Å². The Balaban J connectivity index is 1.89. The maximum Gasteiger partial charge on any atom is 0.244 e. The van der Waals surface area contributed by atoms with Crippen LogP contribution in [0.4, 0.5) is 4.39 Å².